The SMILES string of the molecule is CO.CO.Cl.Cl.[Zr]. The molecule has 2 N–H and O–H groups in total. The maximum absolute atomic E-state index is 7.00. The van der Waals surface area contributed by atoms with Gasteiger partial charge in [0.25, 0.3) is 0 Å². The molecule has 2 nitrogen and oxygen atoms in total. The van der Waals surface area contributed by atoms with Crippen molar-refractivity contribution in [2.75, 3.05) is 14.2 Å². The van der Waals surface area contributed by atoms with Crippen LogP contribution in [0, 0.1) is 0 Å². The molecule has 0 aliphatic carbocycles. The molecule has 0 radical (unpaired) electrons. The van der Waals surface area contributed by atoms with Crippen LogP contribution in [-0.4, -0.2) is 24.4 Å². The van der Waals surface area contributed by atoms with Crippen molar-refractivity contribution in [3.05, 3.63) is 0 Å². The van der Waals surface area contributed by atoms with Gasteiger partial charge in [0, 0.05) is 40.4 Å². The molecule has 0 rings (SSSR count). The third-order valence-corrected chi connectivity index (χ3v) is 0. The molecule has 0 saturated heterocycles. The number of aliphatic hydroxyl groups excluding tert-OH is 2. The summed E-state index contributed by atoms with van der Waals surface area (Å²) >= 11 is 0. The predicted octanol–water partition coefficient (Wildman–Crippen LogP) is 0.0581. The second kappa shape index (κ2) is 157. The van der Waals surface area contributed by atoms with Crippen LogP contribution >= 0.6 is 24.8 Å². The zero-order valence-electron chi connectivity index (χ0n) is 4.21. The van der Waals surface area contributed by atoms with Gasteiger partial charge in [0.15, 0.2) is 0 Å². The van der Waals surface area contributed by atoms with Gasteiger partial charge in [-0.1, -0.05) is 0 Å². The van der Waals surface area contributed by atoms with Crippen LogP contribution in [0.3, 0.4) is 0 Å². The summed E-state index contributed by atoms with van der Waals surface area (Å²) in [6.07, 6.45) is 0. The van der Waals surface area contributed by atoms with Crippen molar-refractivity contribution < 1.29 is 36.4 Å². The van der Waals surface area contributed by atoms with E-state index in [0.717, 1.165) is 14.2 Å². The first-order valence-electron chi connectivity index (χ1n) is 0.894. The molecule has 0 saturated carbocycles. The maximum atomic E-state index is 7.00. The largest absolute Gasteiger partial charge is 0.400 e. The van der Waals surface area contributed by atoms with E-state index in [2.05, 4.69) is 0 Å². The minimum atomic E-state index is 0. The summed E-state index contributed by atoms with van der Waals surface area (Å²) in [4.78, 5) is 0. The average molecular weight is 228 g/mol. The third kappa shape index (κ3) is 112. The van der Waals surface area contributed by atoms with Crippen LogP contribution in [0.2, 0.25) is 0 Å². The molecule has 0 unspecified atom stereocenters. The van der Waals surface area contributed by atoms with Gasteiger partial charge in [-0.3, -0.25) is 0 Å². The van der Waals surface area contributed by atoms with Crippen molar-refractivity contribution >= 4 is 24.8 Å². The molecule has 48 valence electrons. The Labute approximate surface area is 75.3 Å². The van der Waals surface area contributed by atoms with Crippen LogP contribution in [0.4, 0.5) is 0 Å². The van der Waals surface area contributed by atoms with E-state index < -0.39 is 0 Å². The van der Waals surface area contributed by atoms with Gasteiger partial charge in [-0.2, -0.15) is 0 Å². The van der Waals surface area contributed by atoms with Gasteiger partial charge in [0.2, 0.25) is 0 Å². The molecule has 0 amide bonds. The molecule has 0 aromatic rings. The zero-order chi connectivity index (χ0) is 4.00. The number of rotatable bonds is 0. The molecule has 0 aliphatic rings. The Morgan fingerprint density at radius 1 is 0.714 bits per heavy atom. The first-order valence-corrected chi connectivity index (χ1v) is 0.894. The maximum Gasteiger partial charge on any atom is 0.0319 e. The second-order valence-electron chi connectivity index (χ2n) is 0. The molecule has 0 aromatic carbocycles. The van der Waals surface area contributed by atoms with Gasteiger partial charge in [-0.15, -0.1) is 24.8 Å². The second-order valence-corrected chi connectivity index (χ2v) is 0. The molecule has 0 aliphatic heterocycles. The Bertz CT molecular complexity index is 13.7. The smallest absolute Gasteiger partial charge is 0.0319 e. The quantitative estimate of drug-likeness (QED) is 0.615. The fourth-order valence-corrected chi connectivity index (χ4v) is 0. The van der Waals surface area contributed by atoms with E-state index in [4.69, 9.17) is 10.2 Å². The summed E-state index contributed by atoms with van der Waals surface area (Å²) in [5.41, 5.74) is 0. The predicted molar refractivity (Wildman–Crippen MR) is 30.8 cm³/mol. The van der Waals surface area contributed by atoms with Crippen molar-refractivity contribution in [3.8, 4) is 0 Å². The monoisotopic (exact) mass is 226 g/mol. The number of hydrogen-bond donors (Lipinski definition) is 2. The van der Waals surface area contributed by atoms with Crippen LogP contribution < -0.4 is 0 Å². The van der Waals surface area contributed by atoms with E-state index in [9.17, 15) is 0 Å². The Balaban J connectivity index is -0.00000000267. The average Bonchev–Trinajstić information content (AvgIpc) is 1.50. The summed E-state index contributed by atoms with van der Waals surface area (Å²) in [6.45, 7) is 0. The van der Waals surface area contributed by atoms with Gasteiger partial charge >= 0.3 is 0 Å². The van der Waals surface area contributed by atoms with Gasteiger partial charge in [0.05, 0.1) is 0 Å². The first-order chi connectivity index (χ1) is 2.00. The van der Waals surface area contributed by atoms with Crippen molar-refractivity contribution in [2.24, 2.45) is 0 Å². The molecular formula is C2H10Cl2O2Zr. The molecule has 0 bridgehead atoms. The van der Waals surface area contributed by atoms with E-state index >= 15 is 0 Å². The molecule has 7 heavy (non-hydrogen) atoms. The van der Waals surface area contributed by atoms with Gasteiger partial charge in [0.1, 0.15) is 0 Å². The van der Waals surface area contributed by atoms with Crippen LogP contribution in [0.15, 0.2) is 0 Å². The minimum Gasteiger partial charge on any atom is -0.400 e. The number of halogens is 2. The Morgan fingerprint density at radius 2 is 0.714 bits per heavy atom. The summed E-state index contributed by atoms with van der Waals surface area (Å²) in [7, 11) is 2.00. The summed E-state index contributed by atoms with van der Waals surface area (Å²) in [5, 5.41) is 14.0. The third-order valence-electron chi connectivity index (χ3n) is 0. The fourth-order valence-electron chi connectivity index (χ4n) is 0. The Hall–Kier alpha value is 1.38. The summed E-state index contributed by atoms with van der Waals surface area (Å²) in [5.74, 6) is 0. The van der Waals surface area contributed by atoms with Crippen LogP contribution in [0.1, 0.15) is 0 Å². The summed E-state index contributed by atoms with van der Waals surface area (Å²) < 4.78 is 0. The molecule has 0 aromatic heterocycles. The van der Waals surface area contributed by atoms with E-state index in [-0.39, 0.29) is 51.0 Å². The zero-order valence-corrected chi connectivity index (χ0v) is 8.30. The van der Waals surface area contributed by atoms with Crippen LogP contribution in [0.5, 0.6) is 0 Å². The molecule has 0 atom stereocenters. The van der Waals surface area contributed by atoms with E-state index in [1.807, 2.05) is 0 Å². The summed E-state index contributed by atoms with van der Waals surface area (Å²) in [6, 6.07) is 0. The molecule has 0 heterocycles. The number of hydrogen-bond acceptors (Lipinski definition) is 2. The molecule has 0 fully saturated rings. The molecular weight excluding hydrogens is 218 g/mol. The van der Waals surface area contributed by atoms with Crippen molar-refractivity contribution in [2.45, 2.75) is 0 Å². The van der Waals surface area contributed by atoms with Crippen molar-refractivity contribution in [3.63, 3.8) is 0 Å². The Kier molecular flexibility index (Phi) is 897. The van der Waals surface area contributed by atoms with Gasteiger partial charge in [-0.25, -0.2) is 0 Å². The fraction of sp³-hybridized carbons (Fsp3) is 1.00. The standard InChI is InChI=1S/2CH4O.2ClH.Zr/c2*1-2;;;/h2*2H,1H3;2*1H;. The van der Waals surface area contributed by atoms with Gasteiger partial charge in [-0.05, 0) is 0 Å². The Morgan fingerprint density at radius 3 is 0.714 bits per heavy atom. The molecule has 5 heteroatoms. The van der Waals surface area contributed by atoms with Crippen LogP contribution in [0.25, 0.3) is 0 Å². The normalized spacial score (nSPS) is 1.71. The van der Waals surface area contributed by atoms with Gasteiger partial charge < -0.3 is 10.2 Å². The van der Waals surface area contributed by atoms with Crippen molar-refractivity contribution in [1.29, 1.82) is 0 Å². The van der Waals surface area contributed by atoms with Crippen LogP contribution in [-0.2, 0) is 26.2 Å². The van der Waals surface area contributed by atoms with E-state index in [0.29, 0.717) is 0 Å². The molecule has 0 spiro atoms. The first kappa shape index (κ1) is 39.9. The topological polar surface area (TPSA) is 40.5 Å². The number of aliphatic hydroxyl groups is 2. The van der Waals surface area contributed by atoms with E-state index in [1.54, 1.807) is 0 Å². The van der Waals surface area contributed by atoms with Crippen molar-refractivity contribution in [1.82, 2.24) is 0 Å². The van der Waals surface area contributed by atoms with E-state index in [1.165, 1.54) is 0 Å². The minimum absolute atomic E-state index is 0.